The van der Waals surface area contributed by atoms with Crippen molar-refractivity contribution in [3.05, 3.63) is 77.3 Å². The van der Waals surface area contributed by atoms with Gasteiger partial charge in [-0.3, -0.25) is 8.80 Å². The molecule has 0 bridgehead atoms. The maximum absolute atomic E-state index is 13.5. The van der Waals surface area contributed by atoms with Gasteiger partial charge in [-0.15, -0.1) is 4.90 Å². The van der Waals surface area contributed by atoms with Crippen LogP contribution in [0.2, 0.25) is 0 Å². The van der Waals surface area contributed by atoms with Crippen molar-refractivity contribution in [3.8, 4) is 0 Å². The van der Waals surface area contributed by atoms with Crippen LogP contribution in [0, 0.1) is 16.4 Å². The molecule has 0 unspecified atom stereocenters. The zero-order chi connectivity index (χ0) is 64.1. The zero-order valence-corrected chi connectivity index (χ0v) is 52.3. The van der Waals surface area contributed by atoms with Crippen LogP contribution >= 0.6 is 27.7 Å². The van der Waals surface area contributed by atoms with Gasteiger partial charge >= 0.3 is 41.9 Å². The molecule has 4 saturated heterocycles. The molecular weight excluding hydrogens is 1310 g/mol. The molecule has 47 heteroatoms. The van der Waals surface area contributed by atoms with Crippen LogP contribution in [0.3, 0.4) is 0 Å². The number of nitrogens with zero attached hydrogens (tertiary/aromatic N) is 27. The molecule has 10 heterocycles. The van der Waals surface area contributed by atoms with Crippen LogP contribution in [0.5, 0.6) is 0 Å². The average molecular weight is 1360 g/mol. The van der Waals surface area contributed by atoms with Crippen LogP contribution in [-0.4, -0.2) is 102 Å². The summed E-state index contributed by atoms with van der Waals surface area (Å²) in [5, 5.41) is 48.3. The van der Waals surface area contributed by atoms with Gasteiger partial charge in [-0.05, 0) is 147 Å². The number of aromatic nitrogens is 8. The topological polar surface area (TPSA) is 527 Å². The van der Waals surface area contributed by atoms with E-state index in [2.05, 4.69) is 182 Å². The summed E-state index contributed by atoms with van der Waals surface area (Å²) in [6.07, 6.45) is 5.48. The van der Waals surface area contributed by atoms with Crippen molar-refractivity contribution in [2.24, 2.45) is 129 Å². The number of hydrogen-bond donors (Lipinski definition) is 8. The second-order valence-electron chi connectivity index (χ2n) is 18.7. The predicted octanol–water partition coefficient (Wildman–Crippen LogP) is 5.27. The van der Waals surface area contributed by atoms with Crippen molar-refractivity contribution in [2.75, 3.05) is 60.7 Å². The third-order valence-electron chi connectivity index (χ3n) is 13.7. The SMILES string of the molecule is C[C@@H]1OCC2(CCN(c3ncc(Br)c4nccn34)CC2)[C@@H]1N.C[C@@H]1OCC2(CCN(c3ncc(Sc4ccc(N)nc4C(F)(F)F)c4nccn34)CC2)[C@@H]1N.N/N=N/N=N/N=N/N=N/N=N/N.N=N/N=N/N=N/N=N/N.Nc1ccc([S-])c(C(F)(F)F)n1.[Na+]. The molecule has 4 aliphatic rings. The molecule has 0 aromatic carbocycles. The van der Waals surface area contributed by atoms with Crippen LogP contribution in [0.1, 0.15) is 50.9 Å². The van der Waals surface area contributed by atoms with Gasteiger partial charge in [0.25, 0.3) is 0 Å². The normalized spacial score (nSPS) is 20.0. The Morgan fingerprint density at radius 2 is 1.00 bits per heavy atom. The number of pyridine rings is 2. The Labute approximate surface area is 539 Å². The van der Waals surface area contributed by atoms with Gasteiger partial charge in [0, 0.05) is 91.2 Å². The quantitative estimate of drug-likeness (QED) is 0.0204. The third-order valence-corrected chi connectivity index (χ3v) is 15.6. The molecule has 0 amide bonds. The molecule has 0 aliphatic carbocycles. The van der Waals surface area contributed by atoms with Crippen LogP contribution < -0.4 is 79.8 Å². The van der Waals surface area contributed by atoms with Gasteiger partial charge in [0.1, 0.15) is 17.3 Å². The third kappa shape index (κ3) is 19.3. The van der Waals surface area contributed by atoms with E-state index in [0.29, 0.717) is 23.1 Å². The number of nitrogens with two attached hydrogens (primary N) is 7. The van der Waals surface area contributed by atoms with E-state index in [1.165, 1.54) is 18.2 Å². The standard InChI is InChI=1S/C21H24F3N7OS.C15H20BrN5O.C6H5F3N2S.H4N12.H3N9.Na/c1-12-16(26)20(11-32-12)4-7-30(8-5-20)19-28-10-14(18-27-6-9-31(18)19)33-13-2-3-15(25)29-17(13)21(22,23)24;1-10-12(17)15(9-22-10)2-5-20(6-3-15)14-19-8-11(16)13-18-4-7-21(13)14;7-6(8,9)5-3(12)1-2-4(10)11-5;1-3-5-7-9-11-12-10-8-6-4-2;1-3-5-7-9-8-6-4-2;/h2-3,6,9-10,12,16H,4-5,7-8,11,26H2,1H3,(H2,25,29);4,7-8,10,12H,2-3,5-6,9,17H2,1H3;1-2,12H,(H2,10,11);(H2,1,4,5,8,9,12)(H2,2,3,6,7,10,11);(H3,1,2,5,6,9);/q;;;;;+1/p-1/t12-,16+;10-,12+;;;;/m00..../s1. The Hall–Kier alpha value is -7.99. The summed E-state index contributed by atoms with van der Waals surface area (Å²) < 4.78 is 92.9. The molecular formula is C42H55BrF6N35NaO2S2. The van der Waals surface area contributed by atoms with Crippen molar-refractivity contribution in [2.45, 2.75) is 90.9 Å². The van der Waals surface area contributed by atoms with E-state index in [4.69, 9.17) is 37.9 Å². The first-order valence-corrected chi connectivity index (χ1v) is 27.3. The maximum atomic E-state index is 13.5. The minimum Gasteiger partial charge on any atom is -0.778 e. The van der Waals surface area contributed by atoms with E-state index >= 15 is 0 Å². The summed E-state index contributed by atoms with van der Waals surface area (Å²) in [5.74, 6) is 14.9. The summed E-state index contributed by atoms with van der Waals surface area (Å²) in [6, 6.07) is 5.17. The number of ether oxygens (including phenoxy) is 2. The molecule has 6 aromatic heterocycles. The summed E-state index contributed by atoms with van der Waals surface area (Å²) in [6.45, 7) is 8.97. The summed E-state index contributed by atoms with van der Waals surface area (Å²) in [5.41, 5.74) is 28.9. The number of halogens is 7. The summed E-state index contributed by atoms with van der Waals surface area (Å²) >= 11 is 8.84. The molecule has 4 atom stereocenters. The van der Waals surface area contributed by atoms with Crippen LogP contribution in [0.4, 0.5) is 49.9 Å². The molecule has 0 saturated carbocycles. The first-order valence-electron chi connectivity index (χ1n) is 25.3. The van der Waals surface area contributed by atoms with E-state index in [0.717, 1.165) is 92.4 Å². The van der Waals surface area contributed by atoms with Gasteiger partial charge < -0.3 is 72.4 Å². The Bertz CT molecular complexity index is 3480. The molecule has 2 spiro atoms. The minimum atomic E-state index is -4.62. The average Bonchev–Trinajstić information content (AvgIpc) is 2.46. The van der Waals surface area contributed by atoms with Crippen molar-refractivity contribution in [1.29, 1.82) is 5.53 Å². The largest absolute Gasteiger partial charge is 1.00 e. The zero-order valence-electron chi connectivity index (χ0n) is 47.0. The van der Waals surface area contributed by atoms with Gasteiger partial charge in [0.2, 0.25) is 11.9 Å². The second kappa shape index (κ2) is 33.6. The molecule has 89 heavy (non-hydrogen) atoms. The van der Waals surface area contributed by atoms with Gasteiger partial charge in [-0.2, -0.15) is 31.9 Å². The fourth-order valence-electron chi connectivity index (χ4n) is 9.33. The Balaban J connectivity index is 0.000000222. The fraction of sp³-hybridized carbons (Fsp3) is 0.476. The number of alkyl halides is 6. The number of hydrogen-bond acceptors (Lipinski definition) is 20. The van der Waals surface area contributed by atoms with Crippen molar-refractivity contribution in [1.82, 2.24) is 38.7 Å². The summed E-state index contributed by atoms with van der Waals surface area (Å²) in [7, 11) is 0. The molecule has 37 nitrogen and oxygen atoms in total. The Kier molecular flexibility index (Phi) is 27.1. The molecule has 472 valence electrons. The van der Waals surface area contributed by atoms with E-state index in [-0.39, 0.29) is 86.1 Å². The van der Waals surface area contributed by atoms with Gasteiger partial charge in [0.05, 0.1) is 34.8 Å². The molecule has 15 N–H and O–H groups in total. The Morgan fingerprint density at radius 1 is 0.596 bits per heavy atom. The predicted molar refractivity (Wildman–Crippen MR) is 302 cm³/mol. The van der Waals surface area contributed by atoms with Crippen molar-refractivity contribution < 1.29 is 65.4 Å². The number of fused-ring (bicyclic) bond motifs is 2. The van der Waals surface area contributed by atoms with Crippen LogP contribution in [-0.2, 0) is 34.5 Å². The monoisotopic (exact) mass is 1360 g/mol. The number of nitrogens with one attached hydrogen (secondary N) is 1. The van der Waals surface area contributed by atoms with E-state index in [1.54, 1.807) is 24.8 Å². The number of piperidine rings is 2. The number of nitrogen functional groups attached to an aromatic ring is 2. The van der Waals surface area contributed by atoms with Crippen LogP contribution in [0.15, 0.2) is 169 Å². The van der Waals surface area contributed by atoms with Crippen LogP contribution in [0.25, 0.3) is 11.3 Å². The number of rotatable bonds is 11. The van der Waals surface area contributed by atoms with Gasteiger partial charge in [-0.1, -0.05) is 33.5 Å². The minimum absolute atomic E-state index is 0. The molecule has 4 fully saturated rings. The second-order valence-corrected chi connectivity index (χ2v) is 21.1. The molecule has 6 aromatic rings. The van der Waals surface area contributed by atoms with E-state index < -0.39 is 23.7 Å². The summed E-state index contributed by atoms with van der Waals surface area (Å²) in [4.78, 5) is 29.1. The number of anilines is 4. The van der Waals surface area contributed by atoms with Crippen molar-refractivity contribution >= 4 is 75.1 Å². The fourth-order valence-corrected chi connectivity index (χ4v) is 10.9. The van der Waals surface area contributed by atoms with E-state index in [9.17, 15) is 26.3 Å². The number of imidazole rings is 2. The van der Waals surface area contributed by atoms with Gasteiger partial charge in [-0.25, -0.2) is 29.9 Å². The first kappa shape index (κ1) is 71.8. The van der Waals surface area contributed by atoms with E-state index in [1.807, 2.05) is 28.1 Å². The smallest absolute Gasteiger partial charge is 0.778 e. The first-order chi connectivity index (χ1) is 42.0. The Morgan fingerprint density at radius 3 is 1.42 bits per heavy atom. The van der Waals surface area contributed by atoms with Crippen molar-refractivity contribution in [3.63, 3.8) is 0 Å². The van der Waals surface area contributed by atoms with Gasteiger partial charge in [0.15, 0.2) is 17.0 Å². The molecule has 4 aliphatic heterocycles. The molecule has 0 radical (unpaired) electrons. The maximum Gasteiger partial charge on any atom is 1.00 e. The molecule has 10 rings (SSSR count).